The molecule has 1 aliphatic heterocycles. The van der Waals surface area contributed by atoms with Crippen molar-refractivity contribution in [3.8, 4) is 0 Å². The molecule has 0 bridgehead atoms. The number of ether oxygens (including phenoxy) is 1. The van der Waals surface area contributed by atoms with E-state index in [4.69, 9.17) is 9.16 Å². The number of hydrogen-bond donors (Lipinski definition) is 1. The summed E-state index contributed by atoms with van der Waals surface area (Å²) in [7, 11) is -1.79. The lowest BCUT2D eigenvalue weighted by atomic mass is 10.1. The monoisotopic (exact) mass is 358 g/mol. The van der Waals surface area contributed by atoms with Gasteiger partial charge in [0, 0.05) is 19.2 Å². The molecule has 0 spiro atoms. The summed E-state index contributed by atoms with van der Waals surface area (Å²) >= 11 is 0. The Balaban J connectivity index is 2.55. The Morgan fingerprint density at radius 3 is 2.33 bits per heavy atom. The van der Waals surface area contributed by atoms with Crippen LogP contribution in [0.15, 0.2) is 0 Å². The van der Waals surface area contributed by atoms with Crippen molar-refractivity contribution in [1.29, 1.82) is 0 Å². The first-order chi connectivity index (χ1) is 10.7. The van der Waals surface area contributed by atoms with Gasteiger partial charge < -0.3 is 14.5 Å². The van der Waals surface area contributed by atoms with Gasteiger partial charge in [-0.25, -0.2) is 4.79 Å². The maximum Gasteiger partial charge on any atom is 0.410 e. The minimum Gasteiger partial charge on any atom is -0.444 e. The van der Waals surface area contributed by atoms with Gasteiger partial charge in [-0.3, -0.25) is 9.69 Å². The summed E-state index contributed by atoms with van der Waals surface area (Å²) < 4.78 is 11.5. The largest absolute Gasteiger partial charge is 0.444 e. The molecule has 0 saturated carbocycles. The van der Waals surface area contributed by atoms with E-state index < -0.39 is 20.0 Å². The van der Waals surface area contributed by atoms with Gasteiger partial charge in [0.25, 0.3) is 0 Å². The molecule has 1 atom stereocenters. The fourth-order valence-electron chi connectivity index (χ4n) is 2.12. The molecule has 140 valence electrons. The molecule has 1 unspecified atom stereocenters. The SMILES string of the molecule is CC(C)(C)OC(=O)N1CC(=O)NC(CCO[Si](C)(C)C(C)(C)C)C1. The minimum atomic E-state index is -1.79. The van der Waals surface area contributed by atoms with Crippen LogP contribution in [0.2, 0.25) is 18.1 Å². The Morgan fingerprint density at radius 1 is 1.25 bits per heavy atom. The van der Waals surface area contributed by atoms with Crippen LogP contribution in [0, 0.1) is 0 Å². The van der Waals surface area contributed by atoms with Gasteiger partial charge in [-0.1, -0.05) is 20.8 Å². The van der Waals surface area contributed by atoms with E-state index in [1.807, 2.05) is 20.8 Å². The lowest BCUT2D eigenvalue weighted by Gasteiger charge is -2.37. The first kappa shape index (κ1) is 21.0. The van der Waals surface area contributed by atoms with E-state index in [0.717, 1.165) is 0 Å². The van der Waals surface area contributed by atoms with Gasteiger partial charge >= 0.3 is 6.09 Å². The van der Waals surface area contributed by atoms with Gasteiger partial charge in [-0.2, -0.15) is 0 Å². The van der Waals surface area contributed by atoms with Gasteiger partial charge in [0.2, 0.25) is 5.91 Å². The van der Waals surface area contributed by atoms with Crippen molar-refractivity contribution in [2.45, 2.75) is 77.7 Å². The van der Waals surface area contributed by atoms with Gasteiger partial charge in [0.15, 0.2) is 8.32 Å². The predicted molar refractivity (Wildman–Crippen MR) is 97.5 cm³/mol. The van der Waals surface area contributed by atoms with Crippen LogP contribution in [0.1, 0.15) is 48.0 Å². The number of carbonyl (C=O) groups is 2. The van der Waals surface area contributed by atoms with Crippen molar-refractivity contribution < 1.29 is 18.8 Å². The third-order valence-corrected chi connectivity index (χ3v) is 9.07. The molecular weight excluding hydrogens is 324 g/mol. The van der Waals surface area contributed by atoms with Crippen LogP contribution in [0.5, 0.6) is 0 Å². The molecule has 1 heterocycles. The lowest BCUT2D eigenvalue weighted by Crippen LogP contribution is -2.57. The zero-order valence-corrected chi connectivity index (χ0v) is 17.5. The summed E-state index contributed by atoms with van der Waals surface area (Å²) in [5.41, 5.74) is -0.564. The number of piperazine rings is 1. The van der Waals surface area contributed by atoms with Gasteiger partial charge in [0.05, 0.1) is 0 Å². The standard InChI is InChI=1S/C17H34N2O4Si/c1-16(2,3)23-15(21)19-11-13(18-14(20)12-19)9-10-22-24(7,8)17(4,5)6/h13H,9-12H2,1-8H3,(H,18,20). The van der Waals surface area contributed by atoms with Crippen molar-refractivity contribution in [1.82, 2.24) is 10.2 Å². The molecule has 0 aliphatic carbocycles. The Labute approximate surface area is 147 Å². The summed E-state index contributed by atoms with van der Waals surface area (Å²) in [4.78, 5) is 25.5. The van der Waals surface area contributed by atoms with Crippen LogP contribution >= 0.6 is 0 Å². The van der Waals surface area contributed by atoms with Crippen LogP contribution in [0.3, 0.4) is 0 Å². The number of amides is 2. The second kappa shape index (κ2) is 7.43. The highest BCUT2D eigenvalue weighted by atomic mass is 28.4. The Morgan fingerprint density at radius 2 is 1.83 bits per heavy atom. The molecule has 7 heteroatoms. The quantitative estimate of drug-likeness (QED) is 0.784. The van der Waals surface area contributed by atoms with E-state index in [0.29, 0.717) is 19.6 Å². The third kappa shape index (κ3) is 6.43. The first-order valence-electron chi connectivity index (χ1n) is 8.62. The Kier molecular flexibility index (Phi) is 6.49. The summed E-state index contributed by atoms with van der Waals surface area (Å²) in [6.45, 7) is 17.6. The van der Waals surface area contributed by atoms with Gasteiger partial charge in [-0.05, 0) is 45.3 Å². The van der Waals surface area contributed by atoms with Crippen molar-refractivity contribution in [3.63, 3.8) is 0 Å². The van der Waals surface area contributed by atoms with Crippen molar-refractivity contribution in [3.05, 3.63) is 0 Å². The molecule has 1 saturated heterocycles. The average Bonchev–Trinajstić information content (AvgIpc) is 2.34. The molecule has 24 heavy (non-hydrogen) atoms. The molecule has 0 radical (unpaired) electrons. The summed E-state index contributed by atoms with van der Waals surface area (Å²) in [6.07, 6.45) is 0.255. The summed E-state index contributed by atoms with van der Waals surface area (Å²) in [5, 5.41) is 3.09. The number of hydrogen-bond acceptors (Lipinski definition) is 4. The van der Waals surface area contributed by atoms with Crippen molar-refractivity contribution in [2.24, 2.45) is 0 Å². The van der Waals surface area contributed by atoms with E-state index in [1.165, 1.54) is 4.90 Å². The van der Waals surface area contributed by atoms with Crippen molar-refractivity contribution >= 4 is 20.3 Å². The first-order valence-corrected chi connectivity index (χ1v) is 11.5. The molecule has 1 N–H and O–H groups in total. The number of nitrogens with zero attached hydrogens (tertiary/aromatic N) is 1. The summed E-state index contributed by atoms with van der Waals surface area (Å²) in [5.74, 6) is -0.149. The van der Waals surface area contributed by atoms with Crippen LogP contribution in [-0.2, 0) is 14.0 Å². The normalized spacial score (nSPS) is 19.9. The highest BCUT2D eigenvalue weighted by molar-refractivity contribution is 6.74. The Hall–Kier alpha value is -1.08. The predicted octanol–water partition coefficient (Wildman–Crippen LogP) is 3.13. The third-order valence-electron chi connectivity index (χ3n) is 4.53. The Bertz CT molecular complexity index is 466. The van der Waals surface area contributed by atoms with Crippen LogP contribution in [0.25, 0.3) is 0 Å². The molecular formula is C17H34N2O4Si. The molecule has 1 fully saturated rings. The zero-order valence-electron chi connectivity index (χ0n) is 16.5. The highest BCUT2D eigenvalue weighted by Crippen LogP contribution is 2.36. The number of nitrogens with one attached hydrogen (secondary N) is 1. The lowest BCUT2D eigenvalue weighted by molar-refractivity contribution is -0.125. The highest BCUT2D eigenvalue weighted by Gasteiger charge is 2.37. The van der Waals surface area contributed by atoms with E-state index >= 15 is 0 Å². The van der Waals surface area contributed by atoms with Crippen LogP contribution < -0.4 is 5.32 Å². The van der Waals surface area contributed by atoms with E-state index in [-0.39, 0.29) is 23.5 Å². The molecule has 0 aromatic carbocycles. The maximum absolute atomic E-state index is 12.2. The molecule has 6 nitrogen and oxygen atoms in total. The van der Waals surface area contributed by atoms with E-state index in [2.05, 4.69) is 39.2 Å². The van der Waals surface area contributed by atoms with Crippen molar-refractivity contribution in [2.75, 3.05) is 19.7 Å². The smallest absolute Gasteiger partial charge is 0.410 e. The number of carbonyl (C=O) groups excluding carboxylic acids is 2. The minimum absolute atomic E-state index is 0.0501. The van der Waals surface area contributed by atoms with Gasteiger partial charge in [0.1, 0.15) is 12.1 Å². The van der Waals surface area contributed by atoms with Gasteiger partial charge in [-0.15, -0.1) is 0 Å². The van der Waals surface area contributed by atoms with Crippen LogP contribution in [0.4, 0.5) is 4.79 Å². The molecule has 2 amide bonds. The zero-order chi connectivity index (χ0) is 18.8. The van der Waals surface area contributed by atoms with E-state index in [1.54, 1.807) is 0 Å². The molecule has 0 aromatic rings. The molecule has 1 rings (SSSR count). The fourth-order valence-corrected chi connectivity index (χ4v) is 3.19. The maximum atomic E-state index is 12.2. The number of rotatable bonds is 4. The second-order valence-corrected chi connectivity index (χ2v) is 13.8. The average molecular weight is 359 g/mol. The van der Waals surface area contributed by atoms with E-state index in [9.17, 15) is 9.59 Å². The second-order valence-electron chi connectivity index (χ2n) is 9.02. The summed E-state index contributed by atoms with van der Waals surface area (Å²) in [6, 6.07) is -0.0939. The van der Waals surface area contributed by atoms with Crippen LogP contribution in [-0.4, -0.2) is 56.6 Å². The fraction of sp³-hybridized carbons (Fsp3) is 0.882. The molecule has 1 aliphatic rings. The topological polar surface area (TPSA) is 67.9 Å². The molecule has 0 aromatic heterocycles.